The molecule has 0 saturated heterocycles. The largest absolute Gasteiger partial charge is 0.452 e. The molecule has 3 rings (SSSR count). The zero-order valence-corrected chi connectivity index (χ0v) is 17.6. The normalized spacial score (nSPS) is 11.5. The number of benzene rings is 1. The molecule has 152 valence electrons. The van der Waals surface area contributed by atoms with E-state index in [1.807, 2.05) is 52.0 Å². The summed E-state index contributed by atoms with van der Waals surface area (Å²) in [5.41, 5.74) is 3.69. The minimum absolute atomic E-state index is 0.0811. The highest BCUT2D eigenvalue weighted by Gasteiger charge is 2.13. The molecule has 0 fully saturated rings. The molecular formula is C21H23ClN4O3. The summed E-state index contributed by atoms with van der Waals surface area (Å²) in [6.45, 7) is 8.26. The zero-order valence-electron chi connectivity index (χ0n) is 16.8. The fourth-order valence-corrected chi connectivity index (χ4v) is 2.92. The molecule has 0 aliphatic heterocycles. The van der Waals surface area contributed by atoms with Crippen LogP contribution >= 0.6 is 11.6 Å². The number of esters is 1. The number of carbonyl (C=O) groups excluding carboxylic acids is 1. The van der Waals surface area contributed by atoms with Crippen molar-refractivity contribution in [1.82, 2.24) is 19.9 Å². The predicted octanol–water partition coefficient (Wildman–Crippen LogP) is 4.46. The van der Waals surface area contributed by atoms with Crippen molar-refractivity contribution in [3.05, 3.63) is 69.6 Å². The van der Waals surface area contributed by atoms with Gasteiger partial charge in [-0.05, 0) is 25.5 Å². The first-order valence-corrected chi connectivity index (χ1v) is 9.67. The summed E-state index contributed by atoms with van der Waals surface area (Å²) in [7, 11) is 0. The number of hydrogen-bond donors (Lipinski definition) is 0. The Balaban J connectivity index is 1.62. The molecule has 29 heavy (non-hydrogen) atoms. The van der Waals surface area contributed by atoms with Gasteiger partial charge < -0.3 is 9.26 Å². The summed E-state index contributed by atoms with van der Waals surface area (Å²) in [6.07, 6.45) is 2.91. The van der Waals surface area contributed by atoms with Crippen LogP contribution in [0.1, 0.15) is 53.9 Å². The molecule has 0 aliphatic rings. The van der Waals surface area contributed by atoms with Gasteiger partial charge in [0.2, 0.25) is 0 Å². The maximum atomic E-state index is 12.0. The van der Waals surface area contributed by atoms with Gasteiger partial charge in [-0.3, -0.25) is 0 Å². The number of carbonyl (C=O) groups is 1. The number of nitrogens with zero attached hydrogens (tertiary/aromatic N) is 4. The third kappa shape index (κ3) is 5.32. The molecule has 0 atom stereocenters. The van der Waals surface area contributed by atoms with Gasteiger partial charge in [0.15, 0.2) is 12.4 Å². The Bertz CT molecular complexity index is 1020. The van der Waals surface area contributed by atoms with E-state index in [2.05, 4.69) is 15.2 Å². The second kappa shape index (κ2) is 9.05. The first-order chi connectivity index (χ1) is 13.8. The number of ether oxygens (including phenoxy) is 1. The van der Waals surface area contributed by atoms with Crippen LogP contribution in [0.5, 0.6) is 0 Å². The maximum absolute atomic E-state index is 12.0. The first-order valence-electron chi connectivity index (χ1n) is 9.29. The summed E-state index contributed by atoms with van der Waals surface area (Å²) < 4.78 is 11.9. The lowest BCUT2D eigenvalue weighted by molar-refractivity contribution is -0.139. The molecule has 7 nitrogen and oxygen atoms in total. The molecule has 0 radical (unpaired) electrons. The Hall–Kier alpha value is -2.93. The van der Waals surface area contributed by atoms with Crippen LogP contribution in [-0.4, -0.2) is 25.9 Å². The van der Waals surface area contributed by atoms with Crippen LogP contribution in [-0.2, 0) is 22.7 Å². The van der Waals surface area contributed by atoms with Gasteiger partial charge in [0, 0.05) is 17.6 Å². The molecule has 3 aromatic rings. The monoisotopic (exact) mass is 414 g/mol. The van der Waals surface area contributed by atoms with Gasteiger partial charge in [0.1, 0.15) is 5.15 Å². The minimum Gasteiger partial charge on any atom is -0.452 e. The number of hydrogen-bond acceptors (Lipinski definition) is 6. The van der Waals surface area contributed by atoms with E-state index in [4.69, 9.17) is 20.9 Å². The molecule has 2 aromatic heterocycles. The smallest absolute Gasteiger partial charge is 0.331 e. The van der Waals surface area contributed by atoms with Crippen molar-refractivity contribution in [2.45, 2.75) is 46.8 Å². The molecule has 1 aromatic carbocycles. The highest BCUT2D eigenvalue weighted by Crippen LogP contribution is 2.22. The Morgan fingerprint density at radius 3 is 2.66 bits per heavy atom. The first kappa shape index (κ1) is 20.8. The third-order valence-corrected chi connectivity index (χ3v) is 4.69. The van der Waals surface area contributed by atoms with E-state index in [1.165, 1.54) is 11.6 Å². The Labute approximate surface area is 174 Å². The number of halogens is 1. The van der Waals surface area contributed by atoms with Crippen LogP contribution in [0, 0.1) is 13.8 Å². The van der Waals surface area contributed by atoms with Gasteiger partial charge in [0.25, 0.3) is 5.89 Å². The highest BCUT2D eigenvalue weighted by molar-refractivity contribution is 6.31. The molecule has 2 heterocycles. The second-order valence-electron chi connectivity index (χ2n) is 7.08. The minimum atomic E-state index is -0.531. The fraction of sp³-hybridized carbons (Fsp3) is 0.333. The molecule has 8 heteroatoms. The van der Waals surface area contributed by atoms with E-state index >= 15 is 0 Å². The van der Waals surface area contributed by atoms with Crippen molar-refractivity contribution in [1.29, 1.82) is 0 Å². The maximum Gasteiger partial charge on any atom is 0.331 e. The van der Waals surface area contributed by atoms with Crippen LogP contribution in [0.15, 0.2) is 34.9 Å². The van der Waals surface area contributed by atoms with Crippen LogP contribution in [0.2, 0.25) is 5.15 Å². The summed E-state index contributed by atoms with van der Waals surface area (Å²) in [6, 6.07) is 8.17. The lowest BCUT2D eigenvalue weighted by Crippen LogP contribution is -2.02. The zero-order chi connectivity index (χ0) is 21.0. The van der Waals surface area contributed by atoms with Gasteiger partial charge in [-0.25, -0.2) is 9.48 Å². The molecule has 0 N–H and O–H groups in total. The standard InChI is InChI=1S/C21H23ClN4O3/c1-13(2)21-23-18(29-25-21)12-28-19(27)10-9-17-15(4)24-26(20(17)22)11-16-7-5-14(3)6-8-16/h5-10,13H,11-12H2,1-4H3/b10-9+. The van der Waals surface area contributed by atoms with E-state index in [0.717, 1.165) is 11.3 Å². The average molecular weight is 415 g/mol. The van der Waals surface area contributed by atoms with Crippen molar-refractivity contribution in [2.24, 2.45) is 0 Å². The van der Waals surface area contributed by atoms with Gasteiger partial charge in [-0.2, -0.15) is 10.1 Å². The average Bonchev–Trinajstić information content (AvgIpc) is 3.26. The van der Waals surface area contributed by atoms with Crippen molar-refractivity contribution >= 4 is 23.6 Å². The van der Waals surface area contributed by atoms with E-state index in [9.17, 15) is 4.79 Å². The van der Waals surface area contributed by atoms with Crippen molar-refractivity contribution in [3.8, 4) is 0 Å². The summed E-state index contributed by atoms with van der Waals surface area (Å²) in [4.78, 5) is 16.2. The van der Waals surface area contributed by atoms with E-state index < -0.39 is 5.97 Å². The molecular weight excluding hydrogens is 392 g/mol. The molecule has 0 amide bonds. The van der Waals surface area contributed by atoms with E-state index in [0.29, 0.717) is 23.1 Å². The fourth-order valence-electron chi connectivity index (χ4n) is 2.62. The SMILES string of the molecule is Cc1ccc(Cn2nc(C)c(/C=C/C(=O)OCc3nc(C(C)C)no3)c2Cl)cc1. The van der Waals surface area contributed by atoms with Crippen LogP contribution < -0.4 is 0 Å². The number of aryl methyl sites for hydroxylation is 2. The molecule has 0 saturated carbocycles. The number of rotatable bonds is 7. The molecule has 0 bridgehead atoms. The Morgan fingerprint density at radius 2 is 2.00 bits per heavy atom. The second-order valence-corrected chi connectivity index (χ2v) is 7.43. The lowest BCUT2D eigenvalue weighted by Gasteiger charge is -2.04. The summed E-state index contributed by atoms with van der Waals surface area (Å²) in [5.74, 6) is 0.450. The Kier molecular flexibility index (Phi) is 6.49. The van der Waals surface area contributed by atoms with Crippen LogP contribution in [0.25, 0.3) is 6.08 Å². The molecule has 0 aliphatic carbocycles. The van der Waals surface area contributed by atoms with E-state index in [-0.39, 0.29) is 18.4 Å². The highest BCUT2D eigenvalue weighted by atomic mass is 35.5. The van der Waals surface area contributed by atoms with Crippen molar-refractivity contribution < 1.29 is 14.1 Å². The lowest BCUT2D eigenvalue weighted by atomic mass is 10.1. The quantitative estimate of drug-likeness (QED) is 0.419. The van der Waals surface area contributed by atoms with Crippen molar-refractivity contribution in [3.63, 3.8) is 0 Å². The molecule has 0 spiro atoms. The summed E-state index contributed by atoms with van der Waals surface area (Å²) in [5, 5.41) is 8.76. The number of aromatic nitrogens is 4. The van der Waals surface area contributed by atoms with E-state index in [1.54, 1.807) is 10.8 Å². The predicted molar refractivity (Wildman–Crippen MR) is 109 cm³/mol. The third-order valence-electron chi connectivity index (χ3n) is 4.29. The van der Waals surface area contributed by atoms with Crippen molar-refractivity contribution in [2.75, 3.05) is 0 Å². The van der Waals surface area contributed by atoms with Gasteiger partial charge in [-0.15, -0.1) is 0 Å². The summed E-state index contributed by atoms with van der Waals surface area (Å²) >= 11 is 6.46. The van der Waals surface area contributed by atoms with Crippen LogP contribution in [0.4, 0.5) is 0 Å². The Morgan fingerprint density at radius 1 is 1.28 bits per heavy atom. The van der Waals surface area contributed by atoms with Gasteiger partial charge >= 0.3 is 5.97 Å². The molecule has 0 unspecified atom stereocenters. The van der Waals surface area contributed by atoms with Gasteiger partial charge in [0.05, 0.1) is 12.2 Å². The van der Waals surface area contributed by atoms with Crippen LogP contribution in [0.3, 0.4) is 0 Å². The van der Waals surface area contributed by atoms with Gasteiger partial charge in [-0.1, -0.05) is 60.4 Å². The topological polar surface area (TPSA) is 83.0 Å².